The predicted octanol–water partition coefficient (Wildman–Crippen LogP) is 10.8. The Bertz CT molecular complexity index is 1930. The van der Waals surface area contributed by atoms with Crippen LogP contribution in [0.15, 0.2) is 97.1 Å². The summed E-state index contributed by atoms with van der Waals surface area (Å²) < 4.78 is 88.9. The monoisotopic (exact) mass is 552 g/mol. The predicted molar refractivity (Wildman–Crippen MR) is 149 cm³/mol. The fraction of sp³-hybridized carbons (Fsp3) is 0.0857. The van der Waals surface area contributed by atoms with Gasteiger partial charge < -0.3 is 0 Å². The van der Waals surface area contributed by atoms with Crippen LogP contribution in [0.5, 0.6) is 0 Å². The lowest BCUT2D eigenvalue weighted by Crippen LogP contribution is -2.31. The molecular formula is C35H18F6. The molecule has 0 fully saturated rings. The second-order valence-corrected chi connectivity index (χ2v) is 10.7. The van der Waals surface area contributed by atoms with Crippen LogP contribution in [0, 0.1) is 11.6 Å². The SMILES string of the molecule is Fc1ccc(-c2c3c(c(-c4ccc(F)cc4)c4ccccc24)-c2ccc4c5c(ccc-3c25)C(F)(F)CC4(F)F)cc1. The number of rotatable bonds is 2. The van der Waals surface area contributed by atoms with Crippen molar-refractivity contribution in [2.24, 2.45) is 0 Å². The molecule has 2 aliphatic rings. The van der Waals surface area contributed by atoms with Crippen LogP contribution in [0.4, 0.5) is 26.3 Å². The average Bonchev–Trinajstić information content (AvgIpc) is 3.27. The number of fused-ring (bicyclic) bond motifs is 4. The normalized spacial score (nSPS) is 15.9. The molecule has 0 unspecified atom stereocenters. The molecule has 0 atom stereocenters. The lowest BCUT2D eigenvalue weighted by molar-refractivity contribution is -0.124. The summed E-state index contributed by atoms with van der Waals surface area (Å²) in [6, 6.07) is 25.3. The molecule has 6 aromatic carbocycles. The molecule has 0 heterocycles. The van der Waals surface area contributed by atoms with Gasteiger partial charge >= 0.3 is 0 Å². The van der Waals surface area contributed by atoms with E-state index in [1.165, 1.54) is 36.4 Å². The Hall–Kier alpha value is -4.58. The highest BCUT2D eigenvalue weighted by molar-refractivity contribution is 6.28. The van der Waals surface area contributed by atoms with Crippen molar-refractivity contribution < 1.29 is 26.3 Å². The zero-order valence-electron chi connectivity index (χ0n) is 21.2. The van der Waals surface area contributed by atoms with Gasteiger partial charge in [0.2, 0.25) is 0 Å². The molecule has 0 bridgehead atoms. The van der Waals surface area contributed by atoms with Crippen LogP contribution in [-0.2, 0) is 11.8 Å². The van der Waals surface area contributed by atoms with E-state index < -0.39 is 41.0 Å². The summed E-state index contributed by atoms with van der Waals surface area (Å²) in [6.07, 6.45) is -1.58. The fourth-order valence-electron chi connectivity index (χ4n) is 6.80. The summed E-state index contributed by atoms with van der Waals surface area (Å²) in [7, 11) is 0. The van der Waals surface area contributed by atoms with Crippen LogP contribution in [0.1, 0.15) is 17.5 Å². The van der Waals surface area contributed by atoms with Crippen molar-refractivity contribution >= 4 is 21.5 Å². The van der Waals surface area contributed by atoms with E-state index in [1.807, 2.05) is 24.3 Å². The van der Waals surface area contributed by atoms with Gasteiger partial charge in [-0.3, -0.25) is 0 Å². The first-order valence-electron chi connectivity index (χ1n) is 13.1. The highest BCUT2D eigenvalue weighted by Gasteiger charge is 2.52. The maximum atomic E-state index is 15.2. The third kappa shape index (κ3) is 3.24. The van der Waals surface area contributed by atoms with E-state index in [0.29, 0.717) is 38.8 Å². The molecule has 0 saturated heterocycles. The molecule has 6 aromatic rings. The van der Waals surface area contributed by atoms with Crippen LogP contribution < -0.4 is 0 Å². The maximum absolute atomic E-state index is 15.2. The minimum atomic E-state index is -3.72. The van der Waals surface area contributed by atoms with E-state index in [1.54, 1.807) is 36.4 Å². The zero-order chi connectivity index (χ0) is 28.3. The van der Waals surface area contributed by atoms with Gasteiger partial charge in [-0.1, -0.05) is 72.8 Å². The molecule has 41 heavy (non-hydrogen) atoms. The highest BCUT2D eigenvalue weighted by Crippen LogP contribution is 2.62. The van der Waals surface area contributed by atoms with E-state index in [9.17, 15) is 8.78 Å². The Kier molecular flexibility index (Phi) is 4.73. The number of alkyl halides is 4. The van der Waals surface area contributed by atoms with Crippen LogP contribution in [-0.4, -0.2) is 0 Å². The largest absolute Gasteiger partial charge is 0.279 e. The minimum Gasteiger partial charge on any atom is -0.207 e. The molecule has 6 heteroatoms. The van der Waals surface area contributed by atoms with Gasteiger partial charge in [-0.25, -0.2) is 26.3 Å². The van der Waals surface area contributed by atoms with Crippen molar-refractivity contribution in [2.45, 2.75) is 18.3 Å². The second kappa shape index (κ2) is 8.00. The molecule has 0 spiro atoms. The Morgan fingerprint density at radius 1 is 0.439 bits per heavy atom. The molecule has 8 rings (SSSR count). The molecule has 200 valence electrons. The van der Waals surface area contributed by atoms with Gasteiger partial charge in [-0.05, 0) is 84.9 Å². The van der Waals surface area contributed by atoms with E-state index in [0.717, 1.165) is 21.9 Å². The molecule has 0 amide bonds. The van der Waals surface area contributed by atoms with Gasteiger partial charge in [-0.2, -0.15) is 0 Å². The molecule has 0 N–H and O–H groups in total. The Morgan fingerprint density at radius 3 is 1.27 bits per heavy atom. The van der Waals surface area contributed by atoms with Crippen molar-refractivity contribution in [1.29, 1.82) is 0 Å². The first-order valence-corrected chi connectivity index (χ1v) is 13.1. The molecule has 0 radical (unpaired) electrons. The van der Waals surface area contributed by atoms with Crippen molar-refractivity contribution in [3.8, 4) is 44.5 Å². The number of hydrogen-bond acceptors (Lipinski definition) is 0. The van der Waals surface area contributed by atoms with E-state index in [4.69, 9.17) is 0 Å². The first-order chi connectivity index (χ1) is 19.7. The summed E-state index contributed by atoms with van der Waals surface area (Å²) >= 11 is 0. The number of hydrogen-bond donors (Lipinski definition) is 0. The summed E-state index contributed by atoms with van der Waals surface area (Å²) in [4.78, 5) is 0. The second-order valence-electron chi connectivity index (χ2n) is 10.7. The number of halogens is 6. The third-order valence-electron chi connectivity index (χ3n) is 8.41. The lowest BCUT2D eigenvalue weighted by Gasteiger charge is -2.32. The maximum Gasteiger partial charge on any atom is 0.279 e. The van der Waals surface area contributed by atoms with Gasteiger partial charge in [0.15, 0.2) is 0 Å². The summed E-state index contributed by atoms with van der Waals surface area (Å²) in [6.45, 7) is 0. The van der Waals surface area contributed by atoms with Gasteiger partial charge in [0, 0.05) is 16.5 Å². The zero-order valence-corrected chi connectivity index (χ0v) is 21.2. The summed E-state index contributed by atoms with van der Waals surface area (Å²) in [5.74, 6) is -8.26. The van der Waals surface area contributed by atoms with Crippen LogP contribution in [0.3, 0.4) is 0 Å². The number of benzene rings is 6. The van der Waals surface area contributed by atoms with Crippen LogP contribution >= 0.6 is 0 Å². The molecular weight excluding hydrogens is 534 g/mol. The first kappa shape index (κ1) is 24.2. The van der Waals surface area contributed by atoms with Gasteiger partial charge in [0.25, 0.3) is 11.8 Å². The van der Waals surface area contributed by atoms with Gasteiger partial charge in [-0.15, -0.1) is 0 Å². The van der Waals surface area contributed by atoms with E-state index in [-0.39, 0.29) is 5.39 Å². The standard InChI is InChI=1S/C35H18F6/c36-20-9-5-18(6-10-20)28-22-3-1-2-4-23(22)29(19-7-11-21(37)12-8-19)32-25-14-16-27-33-26(34(38,39)17-35(27,40)41)15-13-24(30(25)33)31(28)32/h1-16H,17H2. The van der Waals surface area contributed by atoms with E-state index >= 15 is 17.6 Å². The third-order valence-corrected chi connectivity index (χ3v) is 8.41. The van der Waals surface area contributed by atoms with E-state index in [2.05, 4.69) is 0 Å². The lowest BCUT2D eigenvalue weighted by atomic mass is 9.81. The van der Waals surface area contributed by atoms with Crippen molar-refractivity contribution in [3.05, 3.63) is 120 Å². The smallest absolute Gasteiger partial charge is 0.207 e. The molecule has 0 nitrogen and oxygen atoms in total. The molecule has 0 aromatic heterocycles. The highest BCUT2D eigenvalue weighted by atomic mass is 19.3. The summed E-state index contributed by atoms with van der Waals surface area (Å²) in [5, 5.41) is 1.84. The Labute approximate surface area is 230 Å². The van der Waals surface area contributed by atoms with Gasteiger partial charge in [0.1, 0.15) is 11.6 Å². The van der Waals surface area contributed by atoms with Gasteiger partial charge in [0.05, 0.1) is 6.42 Å². The Balaban J connectivity index is 1.61. The minimum absolute atomic E-state index is 0.128. The van der Waals surface area contributed by atoms with Crippen molar-refractivity contribution in [3.63, 3.8) is 0 Å². The average molecular weight is 553 g/mol. The van der Waals surface area contributed by atoms with Crippen molar-refractivity contribution in [1.82, 2.24) is 0 Å². The topological polar surface area (TPSA) is 0 Å². The van der Waals surface area contributed by atoms with Crippen LogP contribution in [0.25, 0.3) is 66.1 Å². The molecule has 2 aliphatic carbocycles. The Morgan fingerprint density at radius 2 is 0.854 bits per heavy atom. The molecule has 0 aliphatic heterocycles. The summed E-state index contributed by atoms with van der Waals surface area (Å²) in [5.41, 5.74) is 4.51. The quantitative estimate of drug-likeness (QED) is 0.187. The van der Waals surface area contributed by atoms with Crippen LogP contribution in [0.2, 0.25) is 0 Å². The fourth-order valence-corrected chi connectivity index (χ4v) is 6.80. The molecule has 0 saturated carbocycles. The van der Waals surface area contributed by atoms with Crippen molar-refractivity contribution in [2.75, 3.05) is 0 Å².